The maximum atomic E-state index is 6.17. The van der Waals surface area contributed by atoms with Gasteiger partial charge in [-0.05, 0) is 42.9 Å². The summed E-state index contributed by atoms with van der Waals surface area (Å²) in [5.41, 5.74) is 7.08. The minimum absolute atomic E-state index is 0.564. The molecular weight excluding hydrogens is 230 g/mol. The van der Waals surface area contributed by atoms with Crippen molar-refractivity contribution in [1.82, 2.24) is 0 Å². The molecule has 0 saturated heterocycles. The highest BCUT2D eigenvalue weighted by Gasteiger charge is 2.10. The van der Waals surface area contributed by atoms with Crippen molar-refractivity contribution in [2.45, 2.75) is 39.5 Å². The molecule has 1 nitrogen and oxygen atoms in total. The molecule has 0 saturated carbocycles. The van der Waals surface area contributed by atoms with Gasteiger partial charge in [0.25, 0.3) is 0 Å². The van der Waals surface area contributed by atoms with E-state index in [-0.39, 0.29) is 0 Å². The van der Waals surface area contributed by atoms with Crippen LogP contribution in [-0.2, 0) is 6.42 Å². The zero-order valence-corrected chi connectivity index (χ0v) is 11.7. The van der Waals surface area contributed by atoms with E-state index in [0.717, 1.165) is 23.9 Å². The molecule has 0 fully saturated rings. The predicted octanol–water partition coefficient (Wildman–Crippen LogP) is 4.28. The molecule has 0 bridgehead atoms. The second-order valence-electron chi connectivity index (χ2n) is 5.22. The monoisotopic (exact) mass is 253 g/mol. The highest BCUT2D eigenvalue weighted by atomic mass is 35.5. The van der Waals surface area contributed by atoms with Gasteiger partial charge in [-0.15, -0.1) is 0 Å². The van der Waals surface area contributed by atoms with Gasteiger partial charge in [0, 0.05) is 5.02 Å². The van der Waals surface area contributed by atoms with Crippen LogP contribution in [0.4, 0.5) is 0 Å². The van der Waals surface area contributed by atoms with Crippen LogP contribution in [0.2, 0.25) is 5.02 Å². The average Bonchev–Trinajstić information content (AvgIpc) is 2.30. The molecule has 1 aromatic rings. The molecule has 0 radical (unpaired) electrons. The van der Waals surface area contributed by atoms with Crippen LogP contribution < -0.4 is 5.73 Å². The molecule has 1 rings (SSSR count). The van der Waals surface area contributed by atoms with E-state index in [2.05, 4.69) is 19.9 Å². The molecule has 2 N–H and O–H groups in total. The fourth-order valence-corrected chi connectivity index (χ4v) is 2.31. The zero-order chi connectivity index (χ0) is 12.7. The highest BCUT2D eigenvalue weighted by molar-refractivity contribution is 6.31. The van der Waals surface area contributed by atoms with Crippen molar-refractivity contribution in [2.24, 2.45) is 17.6 Å². The van der Waals surface area contributed by atoms with E-state index in [9.17, 15) is 0 Å². The van der Waals surface area contributed by atoms with E-state index in [1.165, 1.54) is 24.8 Å². The lowest BCUT2D eigenvalue weighted by Gasteiger charge is -2.16. The summed E-state index contributed by atoms with van der Waals surface area (Å²) in [4.78, 5) is 0. The first-order valence-electron chi connectivity index (χ1n) is 6.57. The molecule has 0 aromatic heterocycles. The first-order valence-corrected chi connectivity index (χ1v) is 6.94. The lowest BCUT2D eigenvalue weighted by molar-refractivity contribution is 0.437. The van der Waals surface area contributed by atoms with Crippen molar-refractivity contribution in [3.63, 3.8) is 0 Å². The minimum Gasteiger partial charge on any atom is -0.330 e. The average molecular weight is 254 g/mol. The first kappa shape index (κ1) is 14.5. The Kier molecular flexibility index (Phi) is 6.61. The first-order chi connectivity index (χ1) is 8.13. The molecule has 0 spiro atoms. The molecule has 96 valence electrons. The summed E-state index contributed by atoms with van der Waals surface area (Å²) in [7, 11) is 0. The van der Waals surface area contributed by atoms with Crippen LogP contribution in [0.25, 0.3) is 0 Å². The molecule has 0 aliphatic heterocycles. The second kappa shape index (κ2) is 7.73. The quantitative estimate of drug-likeness (QED) is 0.771. The lowest BCUT2D eigenvalue weighted by Crippen LogP contribution is -2.17. The summed E-state index contributed by atoms with van der Waals surface area (Å²) in [6.45, 7) is 5.29. The van der Waals surface area contributed by atoms with Crippen molar-refractivity contribution in [1.29, 1.82) is 0 Å². The summed E-state index contributed by atoms with van der Waals surface area (Å²) >= 11 is 6.17. The Labute approximate surface area is 110 Å². The predicted molar refractivity (Wildman–Crippen MR) is 76.4 cm³/mol. The van der Waals surface area contributed by atoms with Crippen LogP contribution in [0.5, 0.6) is 0 Å². The van der Waals surface area contributed by atoms with Crippen molar-refractivity contribution in [3.05, 3.63) is 34.9 Å². The Morgan fingerprint density at radius 2 is 1.88 bits per heavy atom. The van der Waals surface area contributed by atoms with Gasteiger partial charge in [0.2, 0.25) is 0 Å². The summed E-state index contributed by atoms with van der Waals surface area (Å²) in [6.07, 6.45) is 4.77. The van der Waals surface area contributed by atoms with E-state index in [1.807, 2.05) is 18.2 Å². The Balaban J connectivity index is 2.44. The van der Waals surface area contributed by atoms with Crippen LogP contribution in [0, 0.1) is 11.8 Å². The zero-order valence-electron chi connectivity index (χ0n) is 11.0. The maximum Gasteiger partial charge on any atom is 0.0438 e. The largest absolute Gasteiger partial charge is 0.330 e. The number of hydrogen-bond donors (Lipinski definition) is 1. The van der Waals surface area contributed by atoms with E-state index >= 15 is 0 Å². The Morgan fingerprint density at radius 1 is 1.18 bits per heavy atom. The van der Waals surface area contributed by atoms with Gasteiger partial charge in [-0.1, -0.05) is 56.5 Å². The number of nitrogens with two attached hydrogens (primary N) is 1. The maximum absolute atomic E-state index is 6.17. The van der Waals surface area contributed by atoms with Crippen molar-refractivity contribution < 1.29 is 0 Å². The van der Waals surface area contributed by atoms with Crippen LogP contribution >= 0.6 is 11.6 Å². The molecule has 0 aliphatic rings. The molecule has 2 heteroatoms. The highest BCUT2D eigenvalue weighted by Crippen LogP contribution is 2.21. The van der Waals surface area contributed by atoms with Gasteiger partial charge in [-0.25, -0.2) is 0 Å². The van der Waals surface area contributed by atoms with E-state index < -0.39 is 0 Å². The molecule has 0 heterocycles. The van der Waals surface area contributed by atoms with Crippen LogP contribution in [0.3, 0.4) is 0 Å². The molecular formula is C15H24ClN. The summed E-state index contributed by atoms with van der Waals surface area (Å²) in [6, 6.07) is 8.08. The fraction of sp³-hybridized carbons (Fsp3) is 0.600. The molecule has 0 amide bonds. The van der Waals surface area contributed by atoms with Gasteiger partial charge in [0.15, 0.2) is 0 Å². The van der Waals surface area contributed by atoms with Gasteiger partial charge in [0.1, 0.15) is 0 Å². The summed E-state index contributed by atoms with van der Waals surface area (Å²) < 4.78 is 0. The molecule has 1 atom stereocenters. The Morgan fingerprint density at radius 3 is 2.47 bits per heavy atom. The van der Waals surface area contributed by atoms with Crippen LogP contribution in [0.1, 0.15) is 38.7 Å². The van der Waals surface area contributed by atoms with Gasteiger partial charge in [-0.3, -0.25) is 0 Å². The van der Waals surface area contributed by atoms with E-state index in [0.29, 0.717) is 5.92 Å². The fourth-order valence-electron chi connectivity index (χ4n) is 2.09. The van der Waals surface area contributed by atoms with Gasteiger partial charge in [-0.2, -0.15) is 0 Å². The van der Waals surface area contributed by atoms with Crippen molar-refractivity contribution in [2.75, 3.05) is 6.54 Å². The number of rotatable bonds is 7. The third kappa shape index (κ3) is 5.56. The molecule has 1 aromatic carbocycles. The second-order valence-corrected chi connectivity index (χ2v) is 5.63. The van der Waals surface area contributed by atoms with E-state index in [4.69, 9.17) is 17.3 Å². The standard InChI is InChI=1S/C15H24ClN/c1-12(2)6-5-7-13(11-17)10-14-8-3-4-9-15(14)16/h3-4,8-9,12-13H,5-7,10-11,17H2,1-2H3. The van der Waals surface area contributed by atoms with Crippen LogP contribution in [-0.4, -0.2) is 6.54 Å². The minimum atomic E-state index is 0.564. The van der Waals surface area contributed by atoms with E-state index in [1.54, 1.807) is 0 Å². The number of halogens is 1. The summed E-state index contributed by atoms with van der Waals surface area (Å²) in [5, 5.41) is 0.870. The smallest absolute Gasteiger partial charge is 0.0438 e. The number of hydrogen-bond acceptors (Lipinski definition) is 1. The Hall–Kier alpha value is -0.530. The van der Waals surface area contributed by atoms with Crippen LogP contribution in [0.15, 0.2) is 24.3 Å². The van der Waals surface area contributed by atoms with Gasteiger partial charge < -0.3 is 5.73 Å². The Bertz CT molecular complexity index is 322. The number of benzene rings is 1. The SMILES string of the molecule is CC(C)CCCC(CN)Cc1ccccc1Cl. The van der Waals surface area contributed by atoms with Crippen molar-refractivity contribution >= 4 is 11.6 Å². The molecule has 17 heavy (non-hydrogen) atoms. The van der Waals surface area contributed by atoms with Gasteiger partial charge >= 0.3 is 0 Å². The third-order valence-corrected chi connectivity index (χ3v) is 3.56. The van der Waals surface area contributed by atoms with Gasteiger partial charge in [0.05, 0.1) is 0 Å². The normalized spacial score (nSPS) is 13.0. The third-order valence-electron chi connectivity index (χ3n) is 3.19. The topological polar surface area (TPSA) is 26.0 Å². The lowest BCUT2D eigenvalue weighted by atomic mass is 9.92. The summed E-state index contributed by atoms with van der Waals surface area (Å²) in [5.74, 6) is 1.35. The van der Waals surface area contributed by atoms with Crippen molar-refractivity contribution in [3.8, 4) is 0 Å². The molecule has 1 unspecified atom stereocenters. The molecule has 0 aliphatic carbocycles.